The molecule has 1 atom stereocenters. The number of hydrogen-bond donors (Lipinski definition) is 2. The second-order valence-electron chi connectivity index (χ2n) is 4.34. The molecule has 2 N–H and O–H groups in total. The number of hydrogen-bond acceptors (Lipinski definition) is 5. The van der Waals surface area contributed by atoms with Crippen molar-refractivity contribution in [3.8, 4) is 0 Å². The van der Waals surface area contributed by atoms with Gasteiger partial charge in [0.1, 0.15) is 5.82 Å². The number of aromatic amines is 1. The molecule has 0 radical (unpaired) electrons. The van der Waals surface area contributed by atoms with Crippen LogP contribution in [0.25, 0.3) is 0 Å². The maximum absolute atomic E-state index is 12.0. The SMILES string of the molecule is CCc1nc(C(=O)NC(C)c2sc(C)nc2C)n[nH]1. The van der Waals surface area contributed by atoms with Crippen LogP contribution in [0.2, 0.25) is 0 Å². The van der Waals surface area contributed by atoms with Gasteiger partial charge in [0, 0.05) is 11.3 Å². The van der Waals surface area contributed by atoms with Crippen molar-refractivity contribution in [1.29, 1.82) is 0 Å². The summed E-state index contributed by atoms with van der Waals surface area (Å²) in [5.41, 5.74) is 0.958. The quantitative estimate of drug-likeness (QED) is 0.895. The lowest BCUT2D eigenvalue weighted by Crippen LogP contribution is -2.27. The molecule has 1 amide bonds. The minimum Gasteiger partial charge on any atom is -0.342 e. The van der Waals surface area contributed by atoms with E-state index in [2.05, 4.69) is 25.5 Å². The van der Waals surface area contributed by atoms with Gasteiger partial charge in [0.15, 0.2) is 0 Å². The maximum Gasteiger partial charge on any atom is 0.291 e. The topological polar surface area (TPSA) is 83.6 Å². The van der Waals surface area contributed by atoms with E-state index in [4.69, 9.17) is 0 Å². The highest BCUT2D eigenvalue weighted by atomic mass is 32.1. The molecule has 7 heteroatoms. The minimum absolute atomic E-state index is 0.0951. The summed E-state index contributed by atoms with van der Waals surface area (Å²) in [4.78, 5) is 21.5. The van der Waals surface area contributed by atoms with Crippen LogP contribution >= 0.6 is 11.3 Å². The van der Waals surface area contributed by atoms with E-state index in [1.54, 1.807) is 11.3 Å². The lowest BCUT2D eigenvalue weighted by molar-refractivity contribution is 0.0930. The number of nitrogens with zero attached hydrogens (tertiary/aromatic N) is 3. The first-order chi connectivity index (χ1) is 9.01. The average Bonchev–Trinajstić information content (AvgIpc) is 2.95. The van der Waals surface area contributed by atoms with Crippen molar-refractivity contribution in [2.75, 3.05) is 0 Å². The second kappa shape index (κ2) is 5.48. The number of rotatable bonds is 4. The Labute approximate surface area is 115 Å². The van der Waals surface area contributed by atoms with Crippen LogP contribution in [0, 0.1) is 13.8 Å². The summed E-state index contributed by atoms with van der Waals surface area (Å²) in [6.07, 6.45) is 0.725. The van der Waals surface area contributed by atoms with Gasteiger partial charge in [-0.05, 0) is 20.8 Å². The highest BCUT2D eigenvalue weighted by Crippen LogP contribution is 2.24. The Morgan fingerprint density at radius 1 is 1.42 bits per heavy atom. The Morgan fingerprint density at radius 2 is 2.16 bits per heavy atom. The van der Waals surface area contributed by atoms with E-state index in [1.807, 2.05) is 27.7 Å². The smallest absolute Gasteiger partial charge is 0.291 e. The largest absolute Gasteiger partial charge is 0.342 e. The molecular formula is C12H17N5OS. The first-order valence-electron chi connectivity index (χ1n) is 6.17. The third-order valence-corrected chi connectivity index (χ3v) is 4.01. The van der Waals surface area contributed by atoms with Gasteiger partial charge in [-0.3, -0.25) is 9.89 Å². The lowest BCUT2D eigenvalue weighted by Gasteiger charge is -2.11. The molecule has 2 aromatic rings. The van der Waals surface area contributed by atoms with Gasteiger partial charge in [0.25, 0.3) is 5.91 Å². The lowest BCUT2D eigenvalue weighted by atomic mass is 10.2. The first-order valence-corrected chi connectivity index (χ1v) is 6.99. The molecule has 6 nitrogen and oxygen atoms in total. The summed E-state index contributed by atoms with van der Waals surface area (Å²) < 4.78 is 0. The molecule has 2 rings (SSSR count). The summed E-state index contributed by atoms with van der Waals surface area (Å²) in [7, 11) is 0. The van der Waals surface area contributed by atoms with Crippen molar-refractivity contribution in [3.05, 3.63) is 27.2 Å². The van der Waals surface area contributed by atoms with Crippen molar-refractivity contribution in [2.24, 2.45) is 0 Å². The molecular weight excluding hydrogens is 262 g/mol. The molecule has 0 aliphatic carbocycles. The second-order valence-corrected chi connectivity index (χ2v) is 5.57. The zero-order valence-corrected chi connectivity index (χ0v) is 12.3. The van der Waals surface area contributed by atoms with E-state index in [9.17, 15) is 4.79 Å². The summed E-state index contributed by atoms with van der Waals surface area (Å²) in [6.45, 7) is 7.79. The Balaban J connectivity index is 2.08. The van der Waals surface area contributed by atoms with Crippen LogP contribution in [0.15, 0.2) is 0 Å². The van der Waals surface area contributed by atoms with Crippen molar-refractivity contribution >= 4 is 17.2 Å². The van der Waals surface area contributed by atoms with Gasteiger partial charge in [-0.1, -0.05) is 6.92 Å². The van der Waals surface area contributed by atoms with Gasteiger partial charge in [0.2, 0.25) is 5.82 Å². The molecule has 102 valence electrons. The van der Waals surface area contributed by atoms with Crippen LogP contribution in [-0.2, 0) is 6.42 Å². The Bertz CT molecular complexity index is 589. The van der Waals surface area contributed by atoms with E-state index in [-0.39, 0.29) is 17.8 Å². The third-order valence-electron chi connectivity index (χ3n) is 2.75. The maximum atomic E-state index is 12.0. The number of nitrogens with one attached hydrogen (secondary N) is 2. The molecule has 0 bridgehead atoms. The van der Waals surface area contributed by atoms with Gasteiger partial charge >= 0.3 is 0 Å². The van der Waals surface area contributed by atoms with Gasteiger partial charge in [0.05, 0.1) is 16.7 Å². The number of H-pyrrole nitrogens is 1. The molecule has 2 aromatic heterocycles. The fourth-order valence-corrected chi connectivity index (χ4v) is 2.76. The standard InChI is InChI=1S/C12H17N5OS/c1-5-9-15-11(17-16-9)12(18)14-7(3)10-6(2)13-8(4)19-10/h7H,5H2,1-4H3,(H,14,18)(H,15,16,17). The van der Waals surface area contributed by atoms with Crippen molar-refractivity contribution < 1.29 is 4.79 Å². The van der Waals surface area contributed by atoms with Crippen molar-refractivity contribution in [1.82, 2.24) is 25.5 Å². The predicted octanol–water partition coefficient (Wildman–Crippen LogP) is 1.93. The van der Waals surface area contributed by atoms with Crippen LogP contribution in [0.1, 0.15) is 51.9 Å². The van der Waals surface area contributed by atoms with Crippen molar-refractivity contribution in [3.63, 3.8) is 0 Å². The molecule has 2 heterocycles. The van der Waals surface area contributed by atoms with Crippen LogP contribution < -0.4 is 5.32 Å². The first kappa shape index (κ1) is 13.7. The molecule has 0 aromatic carbocycles. The van der Waals surface area contributed by atoms with Gasteiger partial charge in [-0.2, -0.15) is 0 Å². The summed E-state index contributed by atoms with van der Waals surface area (Å²) >= 11 is 1.59. The molecule has 0 saturated carbocycles. The highest BCUT2D eigenvalue weighted by Gasteiger charge is 2.18. The average molecular weight is 279 g/mol. The zero-order chi connectivity index (χ0) is 14.0. The van der Waals surface area contributed by atoms with Gasteiger partial charge < -0.3 is 5.32 Å². The monoisotopic (exact) mass is 279 g/mol. The summed E-state index contributed by atoms with van der Waals surface area (Å²) in [5, 5.41) is 10.5. The molecule has 0 aliphatic rings. The predicted molar refractivity (Wildman–Crippen MR) is 73.2 cm³/mol. The number of thiazole rings is 1. The number of carbonyl (C=O) groups excluding carboxylic acids is 1. The van der Waals surface area contributed by atoms with Crippen LogP contribution in [-0.4, -0.2) is 26.1 Å². The van der Waals surface area contributed by atoms with E-state index in [0.717, 1.165) is 22.0 Å². The summed E-state index contributed by atoms with van der Waals surface area (Å²) in [6, 6.07) is -0.0951. The molecule has 0 spiro atoms. The van der Waals surface area contributed by atoms with Crippen LogP contribution in [0.5, 0.6) is 0 Å². The fourth-order valence-electron chi connectivity index (χ4n) is 1.83. The van der Waals surface area contributed by atoms with E-state index in [0.29, 0.717) is 5.82 Å². The minimum atomic E-state index is -0.270. The van der Waals surface area contributed by atoms with E-state index >= 15 is 0 Å². The van der Waals surface area contributed by atoms with Gasteiger partial charge in [-0.15, -0.1) is 16.4 Å². The Hall–Kier alpha value is -1.76. The number of aryl methyl sites for hydroxylation is 3. The number of carbonyl (C=O) groups is 1. The number of aromatic nitrogens is 4. The molecule has 0 fully saturated rings. The normalized spacial score (nSPS) is 12.4. The Kier molecular flexibility index (Phi) is 3.94. The number of amides is 1. The van der Waals surface area contributed by atoms with E-state index < -0.39 is 0 Å². The van der Waals surface area contributed by atoms with Crippen LogP contribution in [0.3, 0.4) is 0 Å². The molecule has 19 heavy (non-hydrogen) atoms. The van der Waals surface area contributed by atoms with Gasteiger partial charge in [-0.25, -0.2) is 9.97 Å². The Morgan fingerprint density at radius 3 is 2.68 bits per heavy atom. The fraction of sp³-hybridized carbons (Fsp3) is 0.500. The zero-order valence-electron chi connectivity index (χ0n) is 11.4. The summed E-state index contributed by atoms with van der Waals surface area (Å²) in [5.74, 6) is 0.624. The molecule has 0 saturated heterocycles. The molecule has 0 aliphatic heterocycles. The highest BCUT2D eigenvalue weighted by molar-refractivity contribution is 7.11. The third kappa shape index (κ3) is 2.98. The van der Waals surface area contributed by atoms with Crippen molar-refractivity contribution in [2.45, 2.75) is 40.2 Å². The molecule has 1 unspecified atom stereocenters. The van der Waals surface area contributed by atoms with Crippen LogP contribution in [0.4, 0.5) is 0 Å². The van der Waals surface area contributed by atoms with E-state index in [1.165, 1.54) is 0 Å².